The van der Waals surface area contributed by atoms with E-state index in [1.165, 1.54) is 20.4 Å². The van der Waals surface area contributed by atoms with Crippen LogP contribution in [0, 0.1) is 13.8 Å². The number of carbonyl (C=O) groups excluding carboxylic acids is 2. The van der Waals surface area contributed by atoms with Gasteiger partial charge in [-0.2, -0.15) is 4.98 Å². The first kappa shape index (κ1) is 22.4. The Balaban J connectivity index is 1.95. The average Bonchev–Trinajstić information content (AvgIpc) is 2.77. The number of amides is 2. The summed E-state index contributed by atoms with van der Waals surface area (Å²) in [5.74, 6) is 1.34. The molecule has 32 heavy (non-hydrogen) atoms. The molecule has 0 saturated heterocycles. The molecule has 0 saturated carbocycles. The molecule has 0 bridgehead atoms. The summed E-state index contributed by atoms with van der Waals surface area (Å²) >= 11 is 0. The van der Waals surface area contributed by atoms with Gasteiger partial charge in [-0.1, -0.05) is 0 Å². The van der Waals surface area contributed by atoms with Crippen molar-refractivity contribution in [2.75, 3.05) is 37.2 Å². The van der Waals surface area contributed by atoms with Crippen molar-refractivity contribution >= 4 is 35.0 Å². The molecule has 166 valence electrons. The molecular formula is C21H24N8O3. The van der Waals surface area contributed by atoms with Gasteiger partial charge in [-0.05, 0) is 26.0 Å². The monoisotopic (exact) mass is 436 g/mol. The topological polar surface area (TPSA) is 143 Å². The summed E-state index contributed by atoms with van der Waals surface area (Å²) in [7, 11) is 4.63. The van der Waals surface area contributed by atoms with Gasteiger partial charge in [0.05, 0.1) is 18.4 Å². The molecule has 0 aromatic carbocycles. The molecule has 0 aliphatic heterocycles. The lowest BCUT2D eigenvalue weighted by molar-refractivity contribution is 0.0963. The first-order valence-corrected chi connectivity index (χ1v) is 9.70. The SMILES string of the molecule is CNC(=O)c1cnc(Nc2cc(C)nc(C)n2)cc1NC(=O)c1ccc(NC)nc1OC. The van der Waals surface area contributed by atoms with Crippen molar-refractivity contribution in [1.29, 1.82) is 0 Å². The zero-order chi connectivity index (χ0) is 23.3. The Labute approximate surface area is 185 Å². The molecule has 3 rings (SSSR count). The van der Waals surface area contributed by atoms with Crippen LogP contribution in [0.3, 0.4) is 0 Å². The molecule has 0 aliphatic rings. The Kier molecular flexibility index (Phi) is 6.78. The molecule has 0 aliphatic carbocycles. The number of carbonyl (C=O) groups is 2. The van der Waals surface area contributed by atoms with Gasteiger partial charge in [0, 0.05) is 38.1 Å². The number of pyridine rings is 2. The molecule has 3 aromatic rings. The van der Waals surface area contributed by atoms with E-state index in [2.05, 4.69) is 41.2 Å². The lowest BCUT2D eigenvalue weighted by atomic mass is 10.2. The van der Waals surface area contributed by atoms with Crippen LogP contribution < -0.4 is 26.0 Å². The predicted octanol–water partition coefficient (Wildman–Crippen LogP) is 2.29. The van der Waals surface area contributed by atoms with Crippen molar-refractivity contribution < 1.29 is 14.3 Å². The summed E-state index contributed by atoms with van der Waals surface area (Å²) in [6.07, 6.45) is 1.37. The Morgan fingerprint density at radius 2 is 1.69 bits per heavy atom. The zero-order valence-electron chi connectivity index (χ0n) is 18.4. The lowest BCUT2D eigenvalue weighted by Gasteiger charge is -2.14. The van der Waals surface area contributed by atoms with Crippen LogP contribution in [-0.2, 0) is 0 Å². The van der Waals surface area contributed by atoms with Crippen molar-refractivity contribution in [2.24, 2.45) is 0 Å². The number of hydrogen-bond donors (Lipinski definition) is 4. The number of nitrogens with zero attached hydrogens (tertiary/aromatic N) is 4. The van der Waals surface area contributed by atoms with Crippen LogP contribution in [-0.4, -0.2) is 53.0 Å². The number of hydrogen-bond acceptors (Lipinski definition) is 9. The van der Waals surface area contributed by atoms with E-state index >= 15 is 0 Å². The van der Waals surface area contributed by atoms with Gasteiger partial charge in [-0.3, -0.25) is 9.59 Å². The van der Waals surface area contributed by atoms with Crippen LogP contribution in [0.4, 0.5) is 23.1 Å². The first-order chi connectivity index (χ1) is 15.3. The minimum Gasteiger partial charge on any atom is -0.480 e. The minimum absolute atomic E-state index is 0.148. The zero-order valence-corrected chi connectivity index (χ0v) is 18.4. The number of rotatable bonds is 7. The molecular weight excluding hydrogens is 412 g/mol. The predicted molar refractivity (Wildman–Crippen MR) is 121 cm³/mol. The molecule has 3 heterocycles. The maximum Gasteiger partial charge on any atom is 0.261 e. The Morgan fingerprint density at radius 1 is 0.906 bits per heavy atom. The van der Waals surface area contributed by atoms with Crippen molar-refractivity contribution in [1.82, 2.24) is 25.3 Å². The Hall–Kier alpha value is -4.28. The van der Waals surface area contributed by atoms with Crippen LogP contribution in [0.1, 0.15) is 32.2 Å². The second-order valence-electron chi connectivity index (χ2n) is 6.72. The van der Waals surface area contributed by atoms with Gasteiger partial charge in [0.25, 0.3) is 11.8 Å². The third-order valence-electron chi connectivity index (χ3n) is 4.40. The quantitative estimate of drug-likeness (QED) is 0.438. The van der Waals surface area contributed by atoms with E-state index in [-0.39, 0.29) is 22.7 Å². The molecule has 2 amide bonds. The number of nitrogens with one attached hydrogen (secondary N) is 4. The summed E-state index contributed by atoms with van der Waals surface area (Å²) in [5.41, 5.74) is 1.46. The van der Waals surface area contributed by atoms with E-state index in [1.54, 1.807) is 38.2 Å². The average molecular weight is 436 g/mol. The van der Waals surface area contributed by atoms with E-state index in [1.807, 2.05) is 6.92 Å². The van der Waals surface area contributed by atoms with E-state index in [9.17, 15) is 9.59 Å². The number of ether oxygens (including phenoxy) is 1. The molecule has 0 radical (unpaired) electrons. The molecule has 0 atom stereocenters. The number of methoxy groups -OCH3 is 1. The Bertz CT molecular complexity index is 1150. The highest BCUT2D eigenvalue weighted by Crippen LogP contribution is 2.24. The molecule has 0 spiro atoms. The summed E-state index contributed by atoms with van der Waals surface area (Å²) < 4.78 is 5.24. The maximum absolute atomic E-state index is 13.0. The Morgan fingerprint density at radius 3 is 2.34 bits per heavy atom. The molecule has 11 nitrogen and oxygen atoms in total. The van der Waals surface area contributed by atoms with E-state index in [0.717, 1.165) is 5.69 Å². The second-order valence-corrected chi connectivity index (χ2v) is 6.72. The van der Waals surface area contributed by atoms with Gasteiger partial charge >= 0.3 is 0 Å². The fourth-order valence-corrected chi connectivity index (χ4v) is 2.95. The third-order valence-corrected chi connectivity index (χ3v) is 4.40. The highest BCUT2D eigenvalue weighted by Gasteiger charge is 2.19. The van der Waals surface area contributed by atoms with Crippen LogP contribution in [0.15, 0.2) is 30.5 Å². The molecule has 4 N–H and O–H groups in total. The van der Waals surface area contributed by atoms with Crippen molar-refractivity contribution in [3.05, 3.63) is 53.1 Å². The fraction of sp³-hybridized carbons (Fsp3) is 0.238. The van der Waals surface area contributed by atoms with E-state index in [0.29, 0.717) is 23.3 Å². The maximum atomic E-state index is 13.0. The normalized spacial score (nSPS) is 10.3. The lowest BCUT2D eigenvalue weighted by Crippen LogP contribution is -2.22. The summed E-state index contributed by atoms with van der Waals surface area (Å²) in [5, 5.41) is 11.2. The highest BCUT2D eigenvalue weighted by atomic mass is 16.5. The minimum atomic E-state index is -0.493. The third kappa shape index (κ3) is 5.06. The number of aromatic nitrogens is 4. The number of aryl methyl sites for hydroxylation is 2. The first-order valence-electron chi connectivity index (χ1n) is 9.70. The van der Waals surface area contributed by atoms with Crippen molar-refractivity contribution in [3.63, 3.8) is 0 Å². The molecule has 0 unspecified atom stereocenters. The van der Waals surface area contributed by atoms with Gasteiger partial charge < -0.3 is 26.0 Å². The summed E-state index contributed by atoms with van der Waals surface area (Å²) in [6, 6.07) is 6.55. The van der Waals surface area contributed by atoms with Gasteiger partial charge in [0.1, 0.15) is 28.8 Å². The van der Waals surface area contributed by atoms with E-state index in [4.69, 9.17) is 4.74 Å². The highest BCUT2D eigenvalue weighted by molar-refractivity contribution is 6.10. The summed E-state index contributed by atoms with van der Waals surface area (Å²) in [4.78, 5) is 42.4. The van der Waals surface area contributed by atoms with Crippen molar-refractivity contribution in [3.8, 4) is 5.88 Å². The van der Waals surface area contributed by atoms with Crippen molar-refractivity contribution in [2.45, 2.75) is 13.8 Å². The second kappa shape index (κ2) is 9.69. The van der Waals surface area contributed by atoms with Gasteiger partial charge in [0.2, 0.25) is 5.88 Å². The molecule has 11 heteroatoms. The fourth-order valence-electron chi connectivity index (χ4n) is 2.95. The van der Waals surface area contributed by atoms with Gasteiger partial charge in [0.15, 0.2) is 0 Å². The van der Waals surface area contributed by atoms with Crippen LogP contribution in [0.25, 0.3) is 0 Å². The van der Waals surface area contributed by atoms with Gasteiger partial charge in [-0.25, -0.2) is 15.0 Å². The van der Waals surface area contributed by atoms with E-state index < -0.39 is 11.8 Å². The number of anilines is 4. The smallest absolute Gasteiger partial charge is 0.261 e. The molecule has 3 aromatic heterocycles. The van der Waals surface area contributed by atoms with Crippen LogP contribution in [0.2, 0.25) is 0 Å². The van der Waals surface area contributed by atoms with Crippen LogP contribution >= 0.6 is 0 Å². The largest absolute Gasteiger partial charge is 0.480 e. The van der Waals surface area contributed by atoms with Gasteiger partial charge in [-0.15, -0.1) is 0 Å². The van der Waals surface area contributed by atoms with Crippen LogP contribution in [0.5, 0.6) is 5.88 Å². The molecule has 0 fully saturated rings. The summed E-state index contributed by atoms with van der Waals surface area (Å²) in [6.45, 7) is 3.64. The standard InChI is InChI=1S/C21H24N8O3/c1-11-8-18(26-12(2)25-11)28-17-9-15(14(10-24-17)19(30)23-4)27-20(31)13-6-7-16(22-3)29-21(13)32-5/h6-10H,1-5H3,(H,22,29)(H,23,30)(H2,24,25,26,27,28,31).